The second-order valence-electron chi connectivity index (χ2n) is 6.50. The zero-order chi connectivity index (χ0) is 19.5. The molecule has 6 heteroatoms. The van der Waals surface area contributed by atoms with Crippen LogP contribution in [0.4, 0.5) is 5.69 Å². The molecule has 3 aromatic heterocycles. The minimum atomic E-state index is 0.733. The summed E-state index contributed by atoms with van der Waals surface area (Å²) >= 11 is 1.55. The molecule has 4 rings (SSSR count). The van der Waals surface area contributed by atoms with Gasteiger partial charge in [-0.2, -0.15) is 5.10 Å². The Morgan fingerprint density at radius 3 is 2.71 bits per heavy atom. The van der Waals surface area contributed by atoms with Gasteiger partial charge in [-0.15, -0.1) is 11.3 Å². The molecular weight excluding hydrogens is 368 g/mol. The minimum absolute atomic E-state index is 0.733. The van der Waals surface area contributed by atoms with Gasteiger partial charge in [0.1, 0.15) is 11.5 Å². The standard InChI is InChI=1S/C22H20N4OS/c1-15-8-9-18(12-16(15)2)20-14-28-22(24-19-6-4-10-23-13-19)26(20)25-17(3)21-7-5-11-27-21/h4-14H,1-3H3. The highest BCUT2D eigenvalue weighted by atomic mass is 32.1. The van der Waals surface area contributed by atoms with Crippen LogP contribution in [0, 0.1) is 13.8 Å². The predicted octanol–water partition coefficient (Wildman–Crippen LogP) is 5.33. The van der Waals surface area contributed by atoms with Crippen molar-refractivity contribution < 1.29 is 4.42 Å². The van der Waals surface area contributed by atoms with Crippen molar-refractivity contribution in [3.8, 4) is 11.3 Å². The third kappa shape index (κ3) is 3.73. The molecule has 140 valence electrons. The van der Waals surface area contributed by atoms with E-state index in [0.717, 1.165) is 33.2 Å². The summed E-state index contributed by atoms with van der Waals surface area (Å²) in [5.74, 6) is 0.733. The van der Waals surface area contributed by atoms with Crippen molar-refractivity contribution in [2.75, 3.05) is 0 Å². The quantitative estimate of drug-likeness (QED) is 0.444. The lowest BCUT2D eigenvalue weighted by Crippen LogP contribution is -2.13. The smallest absolute Gasteiger partial charge is 0.211 e. The first-order valence-corrected chi connectivity index (χ1v) is 9.82. The van der Waals surface area contributed by atoms with Gasteiger partial charge in [0.05, 0.1) is 23.8 Å². The third-order valence-corrected chi connectivity index (χ3v) is 5.30. The number of aromatic nitrogens is 2. The monoisotopic (exact) mass is 388 g/mol. The molecule has 0 spiro atoms. The predicted molar refractivity (Wildman–Crippen MR) is 113 cm³/mol. The van der Waals surface area contributed by atoms with Crippen LogP contribution in [0.25, 0.3) is 11.3 Å². The first kappa shape index (κ1) is 18.1. The Balaban J connectivity index is 1.91. The number of pyridine rings is 1. The van der Waals surface area contributed by atoms with Gasteiger partial charge in [0.2, 0.25) is 4.80 Å². The highest BCUT2D eigenvalue weighted by Crippen LogP contribution is 2.23. The van der Waals surface area contributed by atoms with Gasteiger partial charge in [0.15, 0.2) is 0 Å². The van der Waals surface area contributed by atoms with E-state index in [0.29, 0.717) is 0 Å². The van der Waals surface area contributed by atoms with E-state index in [9.17, 15) is 0 Å². The highest BCUT2D eigenvalue weighted by molar-refractivity contribution is 7.07. The van der Waals surface area contributed by atoms with E-state index in [1.807, 2.05) is 35.9 Å². The lowest BCUT2D eigenvalue weighted by Gasteiger charge is -2.07. The molecule has 5 nitrogen and oxygen atoms in total. The molecule has 28 heavy (non-hydrogen) atoms. The van der Waals surface area contributed by atoms with Gasteiger partial charge < -0.3 is 4.42 Å². The Bertz CT molecular complexity index is 1190. The summed E-state index contributed by atoms with van der Waals surface area (Å²) < 4.78 is 7.38. The van der Waals surface area contributed by atoms with E-state index in [1.54, 1.807) is 30.0 Å². The number of furan rings is 1. The van der Waals surface area contributed by atoms with Crippen molar-refractivity contribution in [1.29, 1.82) is 0 Å². The van der Waals surface area contributed by atoms with Crippen LogP contribution in [-0.2, 0) is 0 Å². The van der Waals surface area contributed by atoms with Crippen LogP contribution in [0.15, 0.2) is 81.0 Å². The maximum absolute atomic E-state index is 5.50. The van der Waals surface area contributed by atoms with Crippen molar-refractivity contribution in [1.82, 2.24) is 9.66 Å². The van der Waals surface area contributed by atoms with E-state index in [-0.39, 0.29) is 0 Å². The molecule has 3 heterocycles. The Morgan fingerprint density at radius 2 is 2.00 bits per heavy atom. The number of hydrogen-bond acceptors (Lipinski definition) is 5. The SMILES string of the molecule is CC(=Nn1c(-c2ccc(C)c(C)c2)csc1=Nc1cccnc1)c1ccco1. The molecule has 0 radical (unpaired) electrons. The lowest BCUT2D eigenvalue weighted by atomic mass is 10.1. The summed E-state index contributed by atoms with van der Waals surface area (Å²) in [5, 5.41) is 6.90. The van der Waals surface area contributed by atoms with Crippen LogP contribution in [0.1, 0.15) is 23.8 Å². The molecule has 0 fully saturated rings. The molecule has 0 unspecified atom stereocenters. The van der Waals surface area contributed by atoms with Gasteiger partial charge in [0, 0.05) is 17.1 Å². The highest BCUT2D eigenvalue weighted by Gasteiger charge is 2.11. The Kier molecular flexibility index (Phi) is 5.04. The van der Waals surface area contributed by atoms with Gasteiger partial charge in [-0.1, -0.05) is 12.1 Å². The third-order valence-electron chi connectivity index (χ3n) is 4.49. The molecule has 0 aliphatic rings. The van der Waals surface area contributed by atoms with E-state index in [1.165, 1.54) is 11.1 Å². The van der Waals surface area contributed by atoms with Crippen LogP contribution in [-0.4, -0.2) is 15.4 Å². The van der Waals surface area contributed by atoms with Gasteiger partial charge in [-0.25, -0.2) is 9.67 Å². The van der Waals surface area contributed by atoms with Crippen LogP contribution in [0.3, 0.4) is 0 Å². The van der Waals surface area contributed by atoms with Crippen molar-refractivity contribution in [3.63, 3.8) is 0 Å². The van der Waals surface area contributed by atoms with E-state index >= 15 is 0 Å². The van der Waals surface area contributed by atoms with Crippen molar-refractivity contribution in [3.05, 3.63) is 88.2 Å². The molecule has 0 bridgehead atoms. The van der Waals surface area contributed by atoms with Gasteiger partial charge in [-0.3, -0.25) is 4.98 Å². The normalized spacial score (nSPS) is 12.5. The maximum atomic E-state index is 5.50. The van der Waals surface area contributed by atoms with E-state index in [2.05, 4.69) is 42.4 Å². The molecular formula is C22H20N4OS. The van der Waals surface area contributed by atoms with Crippen molar-refractivity contribution >= 4 is 22.7 Å². The molecule has 0 saturated heterocycles. The molecule has 0 atom stereocenters. The number of aryl methyl sites for hydroxylation is 2. The number of nitrogens with zero attached hydrogens (tertiary/aromatic N) is 4. The molecule has 0 aliphatic carbocycles. The fraction of sp³-hybridized carbons (Fsp3) is 0.136. The summed E-state index contributed by atoms with van der Waals surface area (Å²) in [6, 6.07) is 14.0. The Hall–Kier alpha value is -3.25. The molecule has 0 aliphatic heterocycles. The average Bonchev–Trinajstić information content (AvgIpc) is 3.36. The molecule has 0 amide bonds. The van der Waals surface area contributed by atoms with Crippen molar-refractivity contribution in [2.24, 2.45) is 10.1 Å². The first-order valence-electron chi connectivity index (χ1n) is 8.94. The van der Waals surface area contributed by atoms with Gasteiger partial charge in [0.25, 0.3) is 0 Å². The summed E-state index contributed by atoms with van der Waals surface area (Å²) in [6.07, 6.45) is 5.13. The molecule has 1 aromatic carbocycles. The zero-order valence-electron chi connectivity index (χ0n) is 16.0. The van der Waals surface area contributed by atoms with Crippen LogP contribution in [0.2, 0.25) is 0 Å². The fourth-order valence-corrected chi connectivity index (χ4v) is 3.64. The lowest BCUT2D eigenvalue weighted by molar-refractivity contribution is 0.556. The molecule has 4 aromatic rings. The maximum Gasteiger partial charge on any atom is 0.211 e. The second kappa shape index (κ2) is 7.78. The van der Waals surface area contributed by atoms with E-state index in [4.69, 9.17) is 14.5 Å². The Labute approximate surface area is 167 Å². The summed E-state index contributed by atoms with van der Waals surface area (Å²) in [4.78, 5) is 9.66. The molecule has 0 N–H and O–H groups in total. The van der Waals surface area contributed by atoms with Crippen LogP contribution >= 0.6 is 11.3 Å². The second-order valence-corrected chi connectivity index (χ2v) is 7.34. The summed E-state index contributed by atoms with van der Waals surface area (Å²) in [5.41, 5.74) is 6.16. The minimum Gasteiger partial charge on any atom is -0.463 e. The molecule has 0 saturated carbocycles. The fourth-order valence-electron chi connectivity index (χ4n) is 2.79. The van der Waals surface area contributed by atoms with Crippen LogP contribution in [0.5, 0.6) is 0 Å². The zero-order valence-corrected chi connectivity index (χ0v) is 16.8. The van der Waals surface area contributed by atoms with E-state index < -0.39 is 0 Å². The summed E-state index contributed by atoms with van der Waals surface area (Å²) in [6.45, 7) is 6.17. The number of thiazole rings is 1. The summed E-state index contributed by atoms with van der Waals surface area (Å²) in [7, 11) is 0. The van der Waals surface area contributed by atoms with Crippen LogP contribution < -0.4 is 4.80 Å². The van der Waals surface area contributed by atoms with Gasteiger partial charge >= 0.3 is 0 Å². The number of hydrogen-bond donors (Lipinski definition) is 0. The topological polar surface area (TPSA) is 55.7 Å². The van der Waals surface area contributed by atoms with Crippen molar-refractivity contribution in [2.45, 2.75) is 20.8 Å². The number of benzene rings is 1. The van der Waals surface area contributed by atoms with Gasteiger partial charge in [-0.05, 0) is 62.2 Å². The average molecular weight is 388 g/mol. The number of rotatable bonds is 4. The first-order chi connectivity index (χ1) is 13.6. The Morgan fingerprint density at radius 1 is 1.11 bits per heavy atom. The largest absolute Gasteiger partial charge is 0.463 e.